The number of hydrogen-bond donors (Lipinski definition) is 0. The van der Waals surface area contributed by atoms with Gasteiger partial charge in [-0.05, 0) is 46.7 Å². The van der Waals surface area contributed by atoms with Crippen LogP contribution in [0.25, 0.3) is 0 Å². The summed E-state index contributed by atoms with van der Waals surface area (Å²) in [6.07, 6.45) is 6.73. The lowest BCUT2D eigenvalue weighted by molar-refractivity contribution is 0.360. The highest BCUT2D eigenvalue weighted by Gasteiger charge is 2.15. The van der Waals surface area contributed by atoms with Crippen molar-refractivity contribution in [3.05, 3.63) is 35.6 Å². The van der Waals surface area contributed by atoms with E-state index < -0.39 is 8.32 Å². The normalized spacial score (nSPS) is 12.4. The number of allylic oxidation sites excluding steroid dienone is 3. The fourth-order valence-corrected chi connectivity index (χ4v) is 1.78. The second-order valence-electron chi connectivity index (χ2n) is 4.99. The van der Waals surface area contributed by atoms with Gasteiger partial charge in [-0.2, -0.15) is 0 Å². The molecule has 0 N–H and O–H groups in total. The van der Waals surface area contributed by atoms with Crippen LogP contribution in [-0.2, 0) is 4.43 Å². The van der Waals surface area contributed by atoms with Crippen molar-refractivity contribution < 1.29 is 4.43 Å². The maximum absolute atomic E-state index is 5.81. The summed E-state index contributed by atoms with van der Waals surface area (Å²) < 4.78 is 5.81. The molecule has 0 aliphatic carbocycles. The molecule has 92 valence electrons. The van der Waals surface area contributed by atoms with Crippen molar-refractivity contribution in [3.8, 4) is 0 Å². The predicted molar refractivity (Wildman–Crippen MR) is 76.1 cm³/mol. The van der Waals surface area contributed by atoms with Crippen LogP contribution in [0.3, 0.4) is 0 Å². The van der Waals surface area contributed by atoms with Gasteiger partial charge >= 0.3 is 0 Å². The molecule has 16 heavy (non-hydrogen) atoms. The van der Waals surface area contributed by atoms with Crippen LogP contribution < -0.4 is 0 Å². The molecule has 0 rings (SSSR count). The summed E-state index contributed by atoms with van der Waals surface area (Å²) in [6, 6.07) is 0. The van der Waals surface area contributed by atoms with E-state index >= 15 is 0 Å². The first kappa shape index (κ1) is 15.4. The lowest BCUT2D eigenvalue weighted by Crippen LogP contribution is -2.27. The van der Waals surface area contributed by atoms with Gasteiger partial charge in [0.2, 0.25) is 8.32 Å². The van der Waals surface area contributed by atoms with E-state index in [1.165, 1.54) is 11.1 Å². The smallest absolute Gasteiger partial charge is 0.210 e. The molecule has 0 amide bonds. The third-order valence-electron chi connectivity index (χ3n) is 2.47. The van der Waals surface area contributed by atoms with Crippen LogP contribution in [0.2, 0.25) is 13.1 Å². The number of hydrogen-bond acceptors (Lipinski definition) is 1. The first-order valence-electron chi connectivity index (χ1n) is 5.94. The van der Waals surface area contributed by atoms with Crippen LogP contribution >= 0.6 is 0 Å². The van der Waals surface area contributed by atoms with E-state index in [9.17, 15) is 0 Å². The molecule has 0 unspecified atom stereocenters. The van der Waals surface area contributed by atoms with E-state index in [2.05, 4.69) is 52.6 Å². The summed E-state index contributed by atoms with van der Waals surface area (Å²) in [5.41, 5.74) is 4.77. The maximum Gasteiger partial charge on any atom is 0.210 e. The topological polar surface area (TPSA) is 9.23 Å². The highest BCUT2D eigenvalue weighted by atomic mass is 28.4. The molecule has 0 heterocycles. The molecule has 0 bridgehead atoms. The molecule has 0 aliphatic heterocycles. The third-order valence-corrected chi connectivity index (χ3v) is 4.36. The minimum absolute atomic E-state index is 0.728. The standard InChI is InChI=1S/C14H26OSi/c1-7-16(5,6)15-12-11-14(4)10-8-9-13(2)3/h7,9,11H,1,8,10,12H2,2-6H3. The van der Waals surface area contributed by atoms with Gasteiger partial charge in [0, 0.05) is 0 Å². The SMILES string of the molecule is C=C[Si](C)(C)OCC=C(C)CCC=C(C)C. The summed E-state index contributed by atoms with van der Waals surface area (Å²) in [5.74, 6) is 0. The van der Waals surface area contributed by atoms with E-state index in [1.54, 1.807) is 0 Å². The van der Waals surface area contributed by atoms with Crippen molar-refractivity contribution in [2.24, 2.45) is 0 Å². The zero-order valence-electron chi connectivity index (χ0n) is 11.5. The molecule has 0 aromatic heterocycles. The Kier molecular flexibility index (Phi) is 7.35. The zero-order valence-corrected chi connectivity index (χ0v) is 12.5. The van der Waals surface area contributed by atoms with Gasteiger partial charge in [0.05, 0.1) is 6.61 Å². The Morgan fingerprint density at radius 2 is 1.81 bits per heavy atom. The van der Waals surface area contributed by atoms with Crippen LogP contribution in [0.4, 0.5) is 0 Å². The lowest BCUT2D eigenvalue weighted by Gasteiger charge is -2.16. The Bertz CT molecular complexity index is 270. The Morgan fingerprint density at radius 3 is 2.31 bits per heavy atom. The molecule has 0 radical (unpaired) electrons. The van der Waals surface area contributed by atoms with Gasteiger partial charge in [-0.15, -0.1) is 6.58 Å². The minimum Gasteiger partial charge on any atom is -0.410 e. The summed E-state index contributed by atoms with van der Waals surface area (Å²) >= 11 is 0. The van der Waals surface area contributed by atoms with Crippen LogP contribution in [0.1, 0.15) is 33.6 Å². The summed E-state index contributed by atoms with van der Waals surface area (Å²) in [6.45, 7) is 15.3. The average Bonchev–Trinajstić information content (AvgIpc) is 2.17. The van der Waals surface area contributed by atoms with E-state index in [0.29, 0.717) is 0 Å². The minimum atomic E-state index is -1.59. The molecule has 0 spiro atoms. The van der Waals surface area contributed by atoms with Gasteiger partial charge in [-0.3, -0.25) is 0 Å². The van der Waals surface area contributed by atoms with Crippen LogP contribution in [0.5, 0.6) is 0 Å². The van der Waals surface area contributed by atoms with Gasteiger partial charge in [0.25, 0.3) is 0 Å². The molecule has 2 heteroatoms. The molecule has 0 fully saturated rings. The first-order chi connectivity index (χ1) is 7.37. The Morgan fingerprint density at radius 1 is 1.19 bits per heavy atom. The van der Waals surface area contributed by atoms with E-state index in [1.807, 2.05) is 5.70 Å². The van der Waals surface area contributed by atoms with Crippen LogP contribution in [0, 0.1) is 0 Å². The molecule has 0 aromatic rings. The fraction of sp³-hybridized carbons (Fsp3) is 0.571. The van der Waals surface area contributed by atoms with Crippen molar-refractivity contribution in [2.45, 2.75) is 46.7 Å². The van der Waals surface area contributed by atoms with Crippen molar-refractivity contribution in [2.75, 3.05) is 6.61 Å². The summed E-state index contributed by atoms with van der Waals surface area (Å²) in [4.78, 5) is 0. The lowest BCUT2D eigenvalue weighted by atomic mass is 10.1. The Labute approximate surface area is 102 Å². The summed E-state index contributed by atoms with van der Waals surface area (Å²) in [7, 11) is -1.59. The van der Waals surface area contributed by atoms with Crippen LogP contribution in [0.15, 0.2) is 35.6 Å². The van der Waals surface area contributed by atoms with E-state index in [-0.39, 0.29) is 0 Å². The number of rotatable bonds is 7. The third kappa shape index (κ3) is 8.68. The predicted octanol–water partition coefficient (Wildman–Crippen LogP) is 4.63. The van der Waals surface area contributed by atoms with Gasteiger partial charge in [-0.25, -0.2) is 0 Å². The van der Waals surface area contributed by atoms with Crippen LogP contribution in [-0.4, -0.2) is 14.9 Å². The quantitative estimate of drug-likeness (QED) is 0.464. The molecule has 0 saturated carbocycles. The first-order valence-corrected chi connectivity index (χ1v) is 8.92. The van der Waals surface area contributed by atoms with Crippen molar-refractivity contribution in [1.29, 1.82) is 0 Å². The fourth-order valence-electron chi connectivity index (χ4n) is 1.15. The van der Waals surface area contributed by atoms with Gasteiger partial charge in [0.15, 0.2) is 0 Å². The molecule has 0 atom stereocenters. The Hall–Kier alpha value is -0.603. The molecule has 1 nitrogen and oxygen atoms in total. The van der Waals surface area contributed by atoms with Crippen molar-refractivity contribution >= 4 is 8.32 Å². The zero-order chi connectivity index (χ0) is 12.6. The van der Waals surface area contributed by atoms with E-state index in [0.717, 1.165) is 19.4 Å². The second-order valence-corrected chi connectivity index (χ2v) is 8.89. The molecular weight excluding hydrogens is 212 g/mol. The average molecular weight is 238 g/mol. The second kappa shape index (κ2) is 7.63. The summed E-state index contributed by atoms with van der Waals surface area (Å²) in [5, 5.41) is 0. The molecular formula is C14H26OSi. The van der Waals surface area contributed by atoms with E-state index in [4.69, 9.17) is 4.43 Å². The van der Waals surface area contributed by atoms with Gasteiger partial charge in [0.1, 0.15) is 0 Å². The van der Waals surface area contributed by atoms with Crippen molar-refractivity contribution in [3.63, 3.8) is 0 Å². The Balaban J connectivity index is 3.88. The highest BCUT2D eigenvalue weighted by molar-refractivity contribution is 6.76. The molecule has 0 aromatic carbocycles. The monoisotopic (exact) mass is 238 g/mol. The molecule has 0 saturated heterocycles. The van der Waals surface area contributed by atoms with Gasteiger partial charge < -0.3 is 4.43 Å². The van der Waals surface area contributed by atoms with Crippen molar-refractivity contribution in [1.82, 2.24) is 0 Å². The molecule has 0 aliphatic rings. The highest BCUT2D eigenvalue weighted by Crippen LogP contribution is 2.09. The largest absolute Gasteiger partial charge is 0.410 e. The van der Waals surface area contributed by atoms with Gasteiger partial charge in [-0.1, -0.05) is 29.0 Å². The maximum atomic E-state index is 5.81.